The Morgan fingerprint density at radius 2 is 1.93 bits per heavy atom. The van der Waals surface area contributed by atoms with E-state index in [2.05, 4.69) is 50.0 Å². The maximum absolute atomic E-state index is 5.62. The van der Waals surface area contributed by atoms with Crippen LogP contribution in [-0.4, -0.2) is 4.98 Å². The lowest BCUT2D eigenvalue weighted by atomic mass is 9.92. The third kappa shape index (κ3) is 1.90. The highest BCUT2D eigenvalue weighted by molar-refractivity contribution is 5.81. The first-order valence-electron chi connectivity index (χ1n) is 5.33. The fraction of sp³-hybridized carbons (Fsp3) is 0.385. The summed E-state index contributed by atoms with van der Waals surface area (Å²) < 4.78 is 0. The smallest absolute Gasteiger partial charge is 0.0456 e. The van der Waals surface area contributed by atoms with Crippen LogP contribution in [0.4, 0.5) is 0 Å². The molecule has 0 atom stereocenters. The Balaban J connectivity index is 2.56. The lowest BCUT2D eigenvalue weighted by Crippen LogP contribution is -2.10. The van der Waals surface area contributed by atoms with Crippen LogP contribution in [0.2, 0.25) is 0 Å². The zero-order valence-corrected chi connectivity index (χ0v) is 9.59. The van der Waals surface area contributed by atoms with E-state index in [4.69, 9.17) is 5.73 Å². The molecule has 0 spiro atoms. The van der Waals surface area contributed by atoms with Crippen molar-refractivity contribution >= 4 is 10.9 Å². The van der Waals surface area contributed by atoms with Crippen LogP contribution < -0.4 is 5.73 Å². The number of benzene rings is 1. The van der Waals surface area contributed by atoms with Crippen molar-refractivity contribution in [3.05, 3.63) is 35.5 Å². The van der Waals surface area contributed by atoms with Crippen molar-refractivity contribution in [1.29, 1.82) is 0 Å². The summed E-state index contributed by atoms with van der Waals surface area (Å²) >= 11 is 0. The molecule has 0 unspecified atom stereocenters. The fourth-order valence-corrected chi connectivity index (χ4v) is 1.71. The Morgan fingerprint density at radius 1 is 1.20 bits per heavy atom. The van der Waals surface area contributed by atoms with Crippen LogP contribution in [0.5, 0.6) is 0 Å². The predicted molar refractivity (Wildman–Crippen MR) is 64.9 cm³/mol. The molecule has 15 heavy (non-hydrogen) atoms. The summed E-state index contributed by atoms with van der Waals surface area (Å²) in [7, 11) is 0. The Kier molecular flexibility index (Phi) is 2.31. The van der Waals surface area contributed by atoms with Gasteiger partial charge in [-0.05, 0) is 29.1 Å². The lowest BCUT2D eigenvalue weighted by Gasteiger charge is -2.15. The quantitative estimate of drug-likeness (QED) is 0.733. The summed E-state index contributed by atoms with van der Waals surface area (Å²) in [4.78, 5) is 3.45. The molecule has 0 saturated heterocycles. The van der Waals surface area contributed by atoms with E-state index >= 15 is 0 Å². The second-order valence-corrected chi connectivity index (χ2v) is 5.06. The van der Waals surface area contributed by atoms with Crippen LogP contribution in [-0.2, 0) is 12.0 Å². The Labute approximate surface area is 90.5 Å². The van der Waals surface area contributed by atoms with Crippen molar-refractivity contribution in [3.63, 3.8) is 0 Å². The van der Waals surface area contributed by atoms with E-state index in [9.17, 15) is 0 Å². The molecule has 0 amide bonds. The van der Waals surface area contributed by atoms with Crippen molar-refractivity contribution in [2.75, 3.05) is 0 Å². The lowest BCUT2D eigenvalue weighted by molar-refractivity contribution is 0.574. The Morgan fingerprint density at radius 3 is 2.53 bits per heavy atom. The molecule has 2 heteroatoms. The largest absolute Gasteiger partial charge is 0.358 e. The van der Waals surface area contributed by atoms with Gasteiger partial charge in [-0.3, -0.25) is 0 Å². The van der Waals surface area contributed by atoms with Gasteiger partial charge in [0.05, 0.1) is 0 Å². The van der Waals surface area contributed by atoms with Crippen LogP contribution in [0, 0.1) is 0 Å². The molecule has 0 saturated carbocycles. The highest BCUT2D eigenvalue weighted by Crippen LogP contribution is 2.26. The minimum absolute atomic E-state index is 0.169. The van der Waals surface area contributed by atoms with E-state index < -0.39 is 0 Å². The van der Waals surface area contributed by atoms with E-state index in [1.807, 2.05) is 0 Å². The number of H-pyrrole nitrogens is 1. The van der Waals surface area contributed by atoms with Gasteiger partial charge in [0.1, 0.15) is 0 Å². The molecule has 0 aliphatic carbocycles. The van der Waals surface area contributed by atoms with E-state index in [-0.39, 0.29) is 5.41 Å². The molecule has 0 aliphatic heterocycles. The molecular weight excluding hydrogens is 184 g/mol. The summed E-state index contributed by atoms with van der Waals surface area (Å²) in [6.45, 7) is 7.23. The Hall–Kier alpha value is -1.28. The number of rotatable bonds is 1. The molecule has 2 aromatic rings. The first kappa shape index (κ1) is 10.2. The topological polar surface area (TPSA) is 41.8 Å². The zero-order chi connectivity index (χ0) is 11.1. The summed E-state index contributed by atoms with van der Waals surface area (Å²) in [6.07, 6.45) is 0. The molecule has 80 valence electrons. The first-order valence-corrected chi connectivity index (χ1v) is 5.33. The maximum atomic E-state index is 5.62. The third-order valence-corrected chi connectivity index (χ3v) is 2.73. The number of hydrogen-bond acceptors (Lipinski definition) is 1. The summed E-state index contributed by atoms with van der Waals surface area (Å²) in [6, 6.07) is 8.55. The van der Waals surface area contributed by atoms with E-state index in [0.717, 1.165) is 0 Å². The highest BCUT2D eigenvalue weighted by Gasteiger charge is 2.15. The summed E-state index contributed by atoms with van der Waals surface area (Å²) in [5.74, 6) is 0. The van der Waals surface area contributed by atoms with Gasteiger partial charge in [0.25, 0.3) is 0 Å². The van der Waals surface area contributed by atoms with Gasteiger partial charge in [0, 0.05) is 23.2 Å². The van der Waals surface area contributed by atoms with Gasteiger partial charge < -0.3 is 10.7 Å². The molecule has 1 heterocycles. The standard InChI is InChI=1S/C13H18N2/c1-13(2,3)12-7-10-6-9(8-14)4-5-11(10)15-12/h4-7,15H,8,14H2,1-3H3. The van der Waals surface area contributed by atoms with Crippen LogP contribution >= 0.6 is 0 Å². The predicted octanol–water partition coefficient (Wildman–Crippen LogP) is 2.92. The van der Waals surface area contributed by atoms with E-state index in [1.165, 1.54) is 22.2 Å². The van der Waals surface area contributed by atoms with Crippen molar-refractivity contribution in [1.82, 2.24) is 4.98 Å². The van der Waals surface area contributed by atoms with Crippen LogP contribution in [0.25, 0.3) is 10.9 Å². The molecular formula is C13H18N2. The average Bonchev–Trinajstić information content (AvgIpc) is 2.59. The van der Waals surface area contributed by atoms with Gasteiger partial charge >= 0.3 is 0 Å². The fourth-order valence-electron chi connectivity index (χ4n) is 1.71. The first-order chi connectivity index (χ1) is 7.00. The number of aromatic nitrogens is 1. The van der Waals surface area contributed by atoms with E-state index in [1.54, 1.807) is 0 Å². The SMILES string of the molecule is CC(C)(C)c1cc2cc(CN)ccc2[nH]1. The molecule has 3 N–H and O–H groups in total. The molecule has 2 nitrogen and oxygen atoms in total. The van der Waals surface area contributed by atoms with Crippen LogP contribution in [0.15, 0.2) is 24.3 Å². The van der Waals surface area contributed by atoms with Crippen molar-refractivity contribution in [2.45, 2.75) is 32.7 Å². The maximum Gasteiger partial charge on any atom is 0.0456 e. The van der Waals surface area contributed by atoms with Gasteiger partial charge in [0.15, 0.2) is 0 Å². The van der Waals surface area contributed by atoms with Crippen LogP contribution in [0.1, 0.15) is 32.0 Å². The second kappa shape index (κ2) is 3.38. The van der Waals surface area contributed by atoms with Crippen LogP contribution in [0.3, 0.4) is 0 Å². The van der Waals surface area contributed by atoms with Crippen molar-refractivity contribution in [3.8, 4) is 0 Å². The normalized spacial score (nSPS) is 12.3. The zero-order valence-electron chi connectivity index (χ0n) is 9.59. The molecule has 0 aliphatic rings. The molecule has 0 radical (unpaired) electrons. The monoisotopic (exact) mass is 202 g/mol. The van der Waals surface area contributed by atoms with Gasteiger partial charge in [-0.1, -0.05) is 26.8 Å². The molecule has 2 rings (SSSR count). The number of nitrogens with one attached hydrogen (secondary N) is 1. The minimum Gasteiger partial charge on any atom is -0.358 e. The van der Waals surface area contributed by atoms with Crippen molar-refractivity contribution in [2.24, 2.45) is 5.73 Å². The number of fused-ring (bicyclic) bond motifs is 1. The van der Waals surface area contributed by atoms with E-state index in [0.29, 0.717) is 6.54 Å². The van der Waals surface area contributed by atoms with Crippen molar-refractivity contribution < 1.29 is 0 Å². The highest BCUT2D eigenvalue weighted by atomic mass is 14.7. The third-order valence-electron chi connectivity index (χ3n) is 2.73. The summed E-state index contributed by atoms with van der Waals surface area (Å²) in [5, 5.41) is 1.25. The molecule has 1 aromatic carbocycles. The molecule has 1 aromatic heterocycles. The summed E-state index contributed by atoms with van der Waals surface area (Å²) in [5.41, 5.74) is 9.44. The number of aromatic amines is 1. The molecule has 0 bridgehead atoms. The van der Waals surface area contributed by atoms with Gasteiger partial charge in [-0.25, -0.2) is 0 Å². The van der Waals surface area contributed by atoms with Gasteiger partial charge in [-0.15, -0.1) is 0 Å². The number of hydrogen-bond donors (Lipinski definition) is 2. The molecule has 0 fully saturated rings. The second-order valence-electron chi connectivity index (χ2n) is 5.06. The average molecular weight is 202 g/mol. The van der Waals surface area contributed by atoms with Gasteiger partial charge in [0.2, 0.25) is 0 Å². The Bertz CT molecular complexity index is 475. The van der Waals surface area contributed by atoms with Gasteiger partial charge in [-0.2, -0.15) is 0 Å². The minimum atomic E-state index is 0.169. The number of nitrogens with two attached hydrogens (primary N) is 1.